The van der Waals surface area contributed by atoms with Gasteiger partial charge in [-0.3, -0.25) is 9.78 Å². The molecule has 0 N–H and O–H groups in total. The van der Waals surface area contributed by atoms with E-state index in [2.05, 4.69) is 25.8 Å². The van der Waals surface area contributed by atoms with E-state index in [1.165, 1.54) is 0 Å². The molecule has 0 fully saturated rings. The Morgan fingerprint density at radius 2 is 2.11 bits per heavy atom. The molecule has 0 radical (unpaired) electrons. The molecule has 0 unspecified atom stereocenters. The number of ketones is 1. The topological polar surface area (TPSA) is 33.2 Å². The molecule has 1 heterocycles. The molecule has 19 heavy (non-hydrogen) atoms. The van der Waals surface area contributed by atoms with Crippen LogP contribution in [0, 0.1) is 0 Å². The number of carbonyl (C=O) groups is 1. The second-order valence-electron chi connectivity index (χ2n) is 4.40. The van der Waals surface area contributed by atoms with Crippen molar-refractivity contribution in [1.82, 2.24) is 4.98 Å². The van der Waals surface area contributed by atoms with Gasteiger partial charge in [0, 0.05) is 29.0 Å². The lowest BCUT2D eigenvalue weighted by molar-refractivity contribution is 0.101. The number of aromatic nitrogens is 1. The minimum Gasteiger partial charge on any atom is -0.369 e. The van der Waals surface area contributed by atoms with E-state index in [0.29, 0.717) is 5.56 Å². The highest BCUT2D eigenvalue weighted by molar-refractivity contribution is 9.10. The normalized spacial score (nSPS) is 10.3. The number of anilines is 1. The molecule has 0 amide bonds. The minimum absolute atomic E-state index is 0.0609. The van der Waals surface area contributed by atoms with Crippen LogP contribution in [0.5, 0.6) is 0 Å². The lowest BCUT2D eigenvalue weighted by Gasteiger charge is -2.19. The van der Waals surface area contributed by atoms with Crippen molar-refractivity contribution in [2.45, 2.75) is 13.5 Å². The third-order valence-electron chi connectivity index (χ3n) is 2.90. The second-order valence-corrected chi connectivity index (χ2v) is 5.25. The van der Waals surface area contributed by atoms with Gasteiger partial charge in [-0.15, -0.1) is 0 Å². The van der Waals surface area contributed by atoms with Gasteiger partial charge in [0.2, 0.25) is 0 Å². The van der Waals surface area contributed by atoms with E-state index in [1.54, 1.807) is 13.1 Å². The molecule has 0 aliphatic rings. The lowest BCUT2D eigenvalue weighted by atomic mass is 10.1. The molecule has 1 aromatic heterocycles. The van der Waals surface area contributed by atoms with Gasteiger partial charge in [0.05, 0.1) is 12.2 Å². The Labute approximate surface area is 121 Å². The summed E-state index contributed by atoms with van der Waals surface area (Å²) in [6.07, 6.45) is 1.79. The molecule has 0 spiro atoms. The van der Waals surface area contributed by atoms with Gasteiger partial charge in [-0.2, -0.15) is 0 Å². The summed E-state index contributed by atoms with van der Waals surface area (Å²) in [4.78, 5) is 17.8. The minimum atomic E-state index is 0.0609. The van der Waals surface area contributed by atoms with Crippen molar-refractivity contribution in [3.63, 3.8) is 0 Å². The lowest BCUT2D eigenvalue weighted by Crippen LogP contribution is -2.17. The van der Waals surface area contributed by atoms with E-state index in [4.69, 9.17) is 0 Å². The van der Waals surface area contributed by atoms with Gasteiger partial charge in [0.25, 0.3) is 0 Å². The van der Waals surface area contributed by atoms with Crippen LogP contribution in [0.4, 0.5) is 5.69 Å². The molecule has 0 bridgehead atoms. The van der Waals surface area contributed by atoms with Crippen LogP contribution in [0.1, 0.15) is 23.0 Å². The average Bonchev–Trinajstić information content (AvgIpc) is 2.39. The third-order valence-corrected chi connectivity index (χ3v) is 3.55. The number of rotatable bonds is 4. The number of hydrogen-bond acceptors (Lipinski definition) is 3. The van der Waals surface area contributed by atoms with E-state index in [1.807, 2.05) is 43.4 Å². The number of carbonyl (C=O) groups excluding carboxylic acids is 1. The average molecular weight is 319 g/mol. The van der Waals surface area contributed by atoms with Crippen molar-refractivity contribution in [2.24, 2.45) is 0 Å². The smallest absolute Gasteiger partial charge is 0.160 e. The maximum Gasteiger partial charge on any atom is 0.160 e. The Morgan fingerprint density at radius 3 is 2.68 bits per heavy atom. The number of Topliss-reactive ketones (excluding diaryl/α,β-unsaturated/α-hetero) is 1. The van der Waals surface area contributed by atoms with E-state index in [-0.39, 0.29) is 5.78 Å². The molecular formula is C15H15BrN2O. The summed E-state index contributed by atoms with van der Waals surface area (Å²) in [6, 6.07) is 11.6. The Bertz CT molecular complexity index is 584. The molecule has 4 heteroatoms. The van der Waals surface area contributed by atoms with Crippen LogP contribution in [-0.2, 0) is 6.54 Å². The van der Waals surface area contributed by atoms with Gasteiger partial charge in [-0.25, -0.2) is 0 Å². The van der Waals surface area contributed by atoms with Crippen LogP contribution < -0.4 is 4.90 Å². The second kappa shape index (κ2) is 5.97. The molecule has 0 saturated heterocycles. The molecule has 2 rings (SSSR count). The van der Waals surface area contributed by atoms with Gasteiger partial charge >= 0.3 is 0 Å². The molecule has 98 valence electrons. The van der Waals surface area contributed by atoms with Crippen LogP contribution >= 0.6 is 15.9 Å². The van der Waals surface area contributed by atoms with Crippen molar-refractivity contribution in [3.8, 4) is 0 Å². The first-order chi connectivity index (χ1) is 9.08. The summed E-state index contributed by atoms with van der Waals surface area (Å²) < 4.78 is 0.824. The summed E-state index contributed by atoms with van der Waals surface area (Å²) in [5, 5.41) is 0. The zero-order chi connectivity index (χ0) is 13.8. The maximum absolute atomic E-state index is 11.4. The Hall–Kier alpha value is -1.68. The standard InChI is InChI=1S/C15H15BrN2O/c1-11(19)14-7-6-13(9-15(14)16)18(2)10-12-5-3-4-8-17-12/h3-9H,10H2,1-2H3. The third kappa shape index (κ3) is 3.41. The first-order valence-electron chi connectivity index (χ1n) is 5.99. The summed E-state index contributed by atoms with van der Waals surface area (Å²) >= 11 is 3.44. The number of pyridine rings is 1. The van der Waals surface area contributed by atoms with Gasteiger partial charge in [-0.1, -0.05) is 6.07 Å². The van der Waals surface area contributed by atoms with Crippen LogP contribution in [-0.4, -0.2) is 17.8 Å². The van der Waals surface area contributed by atoms with Gasteiger partial charge in [0.15, 0.2) is 5.78 Å². The molecule has 0 aliphatic carbocycles. The predicted molar refractivity (Wildman–Crippen MR) is 80.5 cm³/mol. The Kier molecular flexibility index (Phi) is 4.32. The number of hydrogen-bond donors (Lipinski definition) is 0. The summed E-state index contributed by atoms with van der Waals surface area (Å²) in [5.74, 6) is 0.0609. The molecule has 0 aliphatic heterocycles. The van der Waals surface area contributed by atoms with Crippen molar-refractivity contribution >= 4 is 27.4 Å². The van der Waals surface area contributed by atoms with Crippen LogP contribution in [0.2, 0.25) is 0 Å². The van der Waals surface area contributed by atoms with Crippen molar-refractivity contribution < 1.29 is 4.79 Å². The fourth-order valence-corrected chi connectivity index (χ4v) is 2.50. The highest BCUT2D eigenvalue weighted by Gasteiger charge is 2.08. The number of nitrogens with zero attached hydrogens (tertiary/aromatic N) is 2. The van der Waals surface area contributed by atoms with Crippen LogP contribution in [0.3, 0.4) is 0 Å². The first-order valence-corrected chi connectivity index (χ1v) is 6.79. The van der Waals surface area contributed by atoms with Crippen molar-refractivity contribution in [2.75, 3.05) is 11.9 Å². The monoisotopic (exact) mass is 318 g/mol. The zero-order valence-corrected chi connectivity index (χ0v) is 12.5. The number of benzene rings is 1. The molecule has 0 saturated carbocycles. The first kappa shape index (κ1) is 13.7. The molecule has 1 aromatic carbocycles. The summed E-state index contributed by atoms with van der Waals surface area (Å²) in [7, 11) is 2.00. The van der Waals surface area contributed by atoms with Crippen LogP contribution in [0.25, 0.3) is 0 Å². The van der Waals surface area contributed by atoms with Gasteiger partial charge < -0.3 is 4.90 Å². The van der Waals surface area contributed by atoms with E-state index in [0.717, 1.165) is 22.4 Å². The fourth-order valence-electron chi connectivity index (χ4n) is 1.85. The summed E-state index contributed by atoms with van der Waals surface area (Å²) in [5.41, 5.74) is 2.76. The molecule has 0 atom stereocenters. The van der Waals surface area contributed by atoms with Crippen molar-refractivity contribution in [3.05, 3.63) is 58.3 Å². The SMILES string of the molecule is CC(=O)c1ccc(N(C)Cc2ccccn2)cc1Br. The van der Waals surface area contributed by atoms with Gasteiger partial charge in [0.1, 0.15) is 0 Å². The summed E-state index contributed by atoms with van der Waals surface area (Å²) in [6.45, 7) is 2.30. The Morgan fingerprint density at radius 1 is 1.32 bits per heavy atom. The van der Waals surface area contributed by atoms with E-state index >= 15 is 0 Å². The largest absolute Gasteiger partial charge is 0.369 e. The van der Waals surface area contributed by atoms with E-state index in [9.17, 15) is 4.79 Å². The Balaban J connectivity index is 2.18. The predicted octanol–water partition coefficient (Wildman–Crippen LogP) is 3.68. The zero-order valence-electron chi connectivity index (χ0n) is 10.9. The highest BCUT2D eigenvalue weighted by atomic mass is 79.9. The molecule has 2 aromatic rings. The van der Waals surface area contributed by atoms with E-state index < -0.39 is 0 Å². The quantitative estimate of drug-likeness (QED) is 0.806. The number of halogens is 1. The fraction of sp³-hybridized carbons (Fsp3) is 0.200. The molecular weight excluding hydrogens is 304 g/mol. The van der Waals surface area contributed by atoms with Gasteiger partial charge in [-0.05, 0) is 53.2 Å². The van der Waals surface area contributed by atoms with Crippen molar-refractivity contribution in [1.29, 1.82) is 0 Å². The highest BCUT2D eigenvalue weighted by Crippen LogP contribution is 2.24. The maximum atomic E-state index is 11.4. The molecule has 3 nitrogen and oxygen atoms in total. The van der Waals surface area contributed by atoms with Crippen LogP contribution in [0.15, 0.2) is 47.1 Å².